The van der Waals surface area contributed by atoms with Crippen LogP contribution >= 0.6 is 11.6 Å². The second-order valence-corrected chi connectivity index (χ2v) is 1.58. The lowest BCUT2D eigenvalue weighted by Gasteiger charge is -1.81. The lowest BCUT2D eigenvalue weighted by Crippen LogP contribution is -1.74. The summed E-state index contributed by atoms with van der Waals surface area (Å²) < 4.78 is 0. The molecular formula is C5H7Cl. The zero-order chi connectivity index (χ0) is 4.99. The molecule has 34 valence electrons. The molecule has 0 aliphatic rings. The van der Waals surface area contributed by atoms with Crippen LogP contribution < -0.4 is 0 Å². The third kappa shape index (κ3) is 3.85. The molecule has 0 amide bonds. The summed E-state index contributed by atoms with van der Waals surface area (Å²) in [6.07, 6.45) is 0. The molecule has 0 saturated carbocycles. The van der Waals surface area contributed by atoms with Crippen LogP contribution in [0.15, 0.2) is 0 Å². The molecule has 6 heavy (non-hydrogen) atoms. The van der Waals surface area contributed by atoms with Gasteiger partial charge in [0.25, 0.3) is 0 Å². The van der Waals surface area contributed by atoms with E-state index < -0.39 is 0 Å². The monoisotopic (exact) mass is 102 g/mol. The van der Waals surface area contributed by atoms with Crippen LogP contribution in [0.5, 0.6) is 0 Å². The first-order chi connectivity index (χ1) is 2.77. The van der Waals surface area contributed by atoms with Crippen LogP contribution in [0.25, 0.3) is 0 Å². The molecule has 0 bridgehead atoms. The molecule has 0 aromatic heterocycles. The van der Waals surface area contributed by atoms with Crippen molar-refractivity contribution < 1.29 is 0 Å². The fourth-order valence-corrected chi connectivity index (χ4v) is 0.327. The minimum atomic E-state index is 0.405. The molecule has 1 heteroatoms. The average Bonchev–Trinajstić information content (AvgIpc) is 1.35. The van der Waals surface area contributed by atoms with Crippen molar-refractivity contribution in [2.75, 3.05) is 0 Å². The van der Waals surface area contributed by atoms with E-state index in [0.29, 0.717) is 5.92 Å². The van der Waals surface area contributed by atoms with Gasteiger partial charge in [0.05, 0.1) is 0 Å². The maximum atomic E-state index is 5.04. The Kier molecular flexibility index (Phi) is 2.98. The van der Waals surface area contributed by atoms with Crippen LogP contribution in [0.2, 0.25) is 0 Å². The van der Waals surface area contributed by atoms with Crippen LogP contribution in [0, 0.1) is 17.2 Å². The number of halogens is 1. The zero-order valence-electron chi connectivity index (χ0n) is 3.96. The van der Waals surface area contributed by atoms with E-state index in [-0.39, 0.29) is 0 Å². The topological polar surface area (TPSA) is 0 Å². The predicted molar refractivity (Wildman–Crippen MR) is 28.5 cm³/mol. The van der Waals surface area contributed by atoms with Crippen LogP contribution in [0.4, 0.5) is 0 Å². The minimum Gasteiger partial charge on any atom is -0.0830 e. The highest BCUT2D eigenvalue weighted by Crippen LogP contribution is 1.85. The van der Waals surface area contributed by atoms with E-state index in [9.17, 15) is 0 Å². The highest BCUT2D eigenvalue weighted by atomic mass is 35.5. The van der Waals surface area contributed by atoms with Crippen molar-refractivity contribution in [1.29, 1.82) is 0 Å². The first-order valence-electron chi connectivity index (χ1n) is 1.88. The van der Waals surface area contributed by atoms with Gasteiger partial charge < -0.3 is 0 Å². The molecule has 0 rings (SSSR count). The Balaban J connectivity index is 3.20. The summed E-state index contributed by atoms with van der Waals surface area (Å²) in [7, 11) is 0. The van der Waals surface area contributed by atoms with Crippen LogP contribution in [0.3, 0.4) is 0 Å². The van der Waals surface area contributed by atoms with Gasteiger partial charge in [-0.3, -0.25) is 0 Å². The van der Waals surface area contributed by atoms with Crippen molar-refractivity contribution in [1.82, 2.24) is 0 Å². The summed E-state index contributed by atoms with van der Waals surface area (Å²) >= 11 is 5.04. The molecule has 0 aromatic carbocycles. The predicted octanol–water partition coefficient (Wildman–Crippen LogP) is 1.84. The van der Waals surface area contributed by atoms with Gasteiger partial charge in [-0.1, -0.05) is 19.8 Å². The third-order valence-electron chi connectivity index (χ3n) is 0.343. The van der Waals surface area contributed by atoms with Gasteiger partial charge in [0.1, 0.15) is 0 Å². The van der Waals surface area contributed by atoms with Gasteiger partial charge in [-0.2, -0.15) is 0 Å². The first kappa shape index (κ1) is 5.85. The smallest absolute Gasteiger partial charge is 0.0158 e. The van der Waals surface area contributed by atoms with Crippen LogP contribution in [0.1, 0.15) is 13.8 Å². The highest BCUT2D eigenvalue weighted by molar-refractivity contribution is 6.30. The Morgan fingerprint density at radius 3 is 2.00 bits per heavy atom. The van der Waals surface area contributed by atoms with E-state index >= 15 is 0 Å². The third-order valence-corrected chi connectivity index (χ3v) is 0.452. The Hall–Kier alpha value is -0.150. The summed E-state index contributed by atoms with van der Waals surface area (Å²) in [5, 5.41) is 2.29. The summed E-state index contributed by atoms with van der Waals surface area (Å²) in [5.74, 6) is 3.13. The highest BCUT2D eigenvalue weighted by Gasteiger charge is 1.76. The Labute approximate surface area is 43.5 Å². The minimum absolute atomic E-state index is 0.405. The van der Waals surface area contributed by atoms with E-state index in [2.05, 4.69) is 11.3 Å². The van der Waals surface area contributed by atoms with Gasteiger partial charge in [-0.05, 0) is 11.6 Å². The molecule has 0 heterocycles. The maximum Gasteiger partial charge on any atom is 0.0158 e. The van der Waals surface area contributed by atoms with Gasteiger partial charge in [-0.15, -0.1) is 0 Å². The van der Waals surface area contributed by atoms with Crippen LogP contribution in [-0.4, -0.2) is 0 Å². The normalized spacial score (nSPS) is 7.33. The van der Waals surface area contributed by atoms with E-state index in [0.717, 1.165) is 0 Å². The van der Waals surface area contributed by atoms with Gasteiger partial charge >= 0.3 is 0 Å². The molecule has 0 atom stereocenters. The summed E-state index contributed by atoms with van der Waals surface area (Å²) in [6, 6.07) is 0. The largest absolute Gasteiger partial charge is 0.0830 e. The van der Waals surface area contributed by atoms with Gasteiger partial charge in [0, 0.05) is 11.3 Å². The molecule has 0 saturated heterocycles. The fourth-order valence-electron chi connectivity index (χ4n) is 0.109. The second kappa shape index (κ2) is 3.06. The molecule has 0 aromatic rings. The van der Waals surface area contributed by atoms with Crippen molar-refractivity contribution in [3.05, 3.63) is 0 Å². The molecule has 0 aliphatic carbocycles. The zero-order valence-corrected chi connectivity index (χ0v) is 4.71. The van der Waals surface area contributed by atoms with Gasteiger partial charge in [0.2, 0.25) is 0 Å². The Morgan fingerprint density at radius 1 is 1.50 bits per heavy atom. The lowest BCUT2D eigenvalue weighted by atomic mass is 10.2. The van der Waals surface area contributed by atoms with Crippen molar-refractivity contribution in [2.45, 2.75) is 13.8 Å². The van der Waals surface area contributed by atoms with Crippen molar-refractivity contribution >= 4 is 11.6 Å². The fraction of sp³-hybridized carbons (Fsp3) is 0.600. The SMILES string of the molecule is CC(C)C#CCl. The first-order valence-corrected chi connectivity index (χ1v) is 2.26. The average molecular weight is 103 g/mol. The molecule has 0 N–H and O–H groups in total. The van der Waals surface area contributed by atoms with Crippen molar-refractivity contribution in [3.8, 4) is 11.3 Å². The maximum absolute atomic E-state index is 5.04. The van der Waals surface area contributed by atoms with Crippen molar-refractivity contribution in [2.24, 2.45) is 5.92 Å². The molecular weight excluding hydrogens is 95.5 g/mol. The van der Waals surface area contributed by atoms with Gasteiger partial charge in [0.15, 0.2) is 0 Å². The standard InChI is InChI=1S/C5H7Cl/c1-5(2)3-4-6/h5H,1-2H3. The summed E-state index contributed by atoms with van der Waals surface area (Å²) in [5.41, 5.74) is 0. The molecule has 0 spiro atoms. The number of hydrogen-bond donors (Lipinski definition) is 0. The molecule has 0 fully saturated rings. The summed E-state index contributed by atoms with van der Waals surface area (Å²) in [4.78, 5) is 0. The molecule has 0 radical (unpaired) electrons. The Bertz CT molecular complexity index is 73.7. The molecule has 0 unspecified atom stereocenters. The summed E-state index contributed by atoms with van der Waals surface area (Å²) in [6.45, 7) is 3.99. The number of hydrogen-bond acceptors (Lipinski definition) is 0. The number of rotatable bonds is 0. The lowest BCUT2D eigenvalue weighted by molar-refractivity contribution is 0.867. The Morgan fingerprint density at radius 2 is 2.00 bits per heavy atom. The quantitative estimate of drug-likeness (QED) is 0.410. The molecule has 0 nitrogen and oxygen atoms in total. The van der Waals surface area contributed by atoms with Crippen LogP contribution in [-0.2, 0) is 0 Å². The van der Waals surface area contributed by atoms with E-state index in [1.807, 2.05) is 13.8 Å². The van der Waals surface area contributed by atoms with E-state index in [1.54, 1.807) is 0 Å². The second-order valence-electron chi connectivity index (χ2n) is 1.39. The van der Waals surface area contributed by atoms with Crippen molar-refractivity contribution in [3.63, 3.8) is 0 Å². The van der Waals surface area contributed by atoms with Gasteiger partial charge in [-0.25, -0.2) is 0 Å². The van der Waals surface area contributed by atoms with E-state index in [1.165, 1.54) is 0 Å². The van der Waals surface area contributed by atoms with E-state index in [4.69, 9.17) is 11.6 Å². The molecule has 0 aliphatic heterocycles.